The lowest BCUT2D eigenvalue weighted by Crippen LogP contribution is -2.32. The number of likely N-dealkylation sites (tertiary alicyclic amines) is 1. The molecule has 2 amide bonds. The lowest BCUT2D eigenvalue weighted by Gasteiger charge is -2.22. The van der Waals surface area contributed by atoms with Gasteiger partial charge >= 0.3 is 0 Å². The van der Waals surface area contributed by atoms with Crippen LogP contribution in [-0.2, 0) is 0 Å². The maximum atomic E-state index is 13.0. The first-order valence-electron chi connectivity index (χ1n) is 10.0. The normalized spacial score (nSPS) is 14.5. The minimum Gasteiger partial charge on any atom is -0.491 e. The fourth-order valence-electron chi connectivity index (χ4n) is 3.37. The fourth-order valence-corrected chi connectivity index (χ4v) is 3.37. The monoisotopic (exact) mass is 380 g/mol. The molecule has 0 saturated carbocycles. The number of hydrogen-bond acceptors (Lipinski definition) is 3. The predicted molar refractivity (Wildman–Crippen MR) is 111 cm³/mol. The predicted octanol–water partition coefficient (Wildman–Crippen LogP) is 4.74. The zero-order valence-corrected chi connectivity index (χ0v) is 16.6. The number of nitrogens with one attached hydrogen (secondary N) is 1. The highest BCUT2D eigenvalue weighted by molar-refractivity contribution is 6.09. The van der Waals surface area contributed by atoms with Crippen LogP contribution in [0.3, 0.4) is 0 Å². The van der Waals surface area contributed by atoms with Crippen LogP contribution >= 0.6 is 0 Å². The average Bonchev–Trinajstić information content (AvgIpc) is 2.97. The van der Waals surface area contributed by atoms with Gasteiger partial charge in [0.05, 0.1) is 17.4 Å². The molecule has 0 bridgehead atoms. The van der Waals surface area contributed by atoms with E-state index in [1.165, 1.54) is 12.8 Å². The van der Waals surface area contributed by atoms with E-state index in [0.29, 0.717) is 16.8 Å². The second-order valence-corrected chi connectivity index (χ2v) is 7.40. The van der Waals surface area contributed by atoms with Gasteiger partial charge in [-0.1, -0.05) is 25.0 Å². The third kappa shape index (κ3) is 5.12. The van der Waals surface area contributed by atoms with E-state index in [0.717, 1.165) is 31.7 Å². The number of rotatable bonds is 5. The smallest absolute Gasteiger partial charge is 0.255 e. The van der Waals surface area contributed by atoms with Crippen LogP contribution in [0.4, 0.5) is 5.69 Å². The molecule has 2 aromatic carbocycles. The van der Waals surface area contributed by atoms with Crippen LogP contribution in [0, 0.1) is 0 Å². The Balaban J connectivity index is 1.73. The lowest BCUT2D eigenvalue weighted by atomic mass is 10.1. The second kappa shape index (κ2) is 9.40. The second-order valence-electron chi connectivity index (χ2n) is 7.40. The summed E-state index contributed by atoms with van der Waals surface area (Å²) in [6, 6.07) is 14.2. The zero-order chi connectivity index (χ0) is 19.9. The minimum atomic E-state index is -0.243. The van der Waals surface area contributed by atoms with Gasteiger partial charge in [-0.05, 0) is 63.1 Å². The molecule has 0 radical (unpaired) electrons. The molecule has 0 aliphatic carbocycles. The minimum absolute atomic E-state index is 0.0153. The van der Waals surface area contributed by atoms with Gasteiger partial charge < -0.3 is 15.0 Å². The van der Waals surface area contributed by atoms with Crippen molar-refractivity contribution in [1.29, 1.82) is 0 Å². The van der Waals surface area contributed by atoms with Gasteiger partial charge in [0.1, 0.15) is 5.75 Å². The molecule has 0 spiro atoms. The summed E-state index contributed by atoms with van der Waals surface area (Å²) in [5, 5.41) is 2.90. The number of carbonyl (C=O) groups excluding carboxylic acids is 2. The molecule has 3 rings (SSSR count). The first-order chi connectivity index (χ1) is 13.5. The van der Waals surface area contributed by atoms with Crippen LogP contribution in [-0.4, -0.2) is 35.9 Å². The molecule has 0 unspecified atom stereocenters. The molecule has 5 heteroatoms. The van der Waals surface area contributed by atoms with E-state index in [2.05, 4.69) is 5.32 Å². The molecule has 28 heavy (non-hydrogen) atoms. The topological polar surface area (TPSA) is 58.6 Å². The Kier molecular flexibility index (Phi) is 6.69. The van der Waals surface area contributed by atoms with Gasteiger partial charge in [0.2, 0.25) is 0 Å². The summed E-state index contributed by atoms with van der Waals surface area (Å²) in [6.45, 7) is 5.47. The summed E-state index contributed by atoms with van der Waals surface area (Å²) < 4.78 is 5.61. The van der Waals surface area contributed by atoms with Crippen molar-refractivity contribution in [2.24, 2.45) is 0 Å². The van der Waals surface area contributed by atoms with E-state index in [9.17, 15) is 9.59 Å². The molecule has 1 aliphatic rings. The van der Waals surface area contributed by atoms with E-state index < -0.39 is 0 Å². The van der Waals surface area contributed by atoms with Gasteiger partial charge in [0.15, 0.2) is 0 Å². The molecule has 0 aromatic heterocycles. The maximum absolute atomic E-state index is 13.0. The van der Waals surface area contributed by atoms with Crippen molar-refractivity contribution in [2.75, 3.05) is 18.4 Å². The maximum Gasteiger partial charge on any atom is 0.255 e. The Bertz CT molecular complexity index is 807. The molecule has 1 fully saturated rings. The molecule has 1 saturated heterocycles. The van der Waals surface area contributed by atoms with Crippen LogP contribution in [0.2, 0.25) is 0 Å². The van der Waals surface area contributed by atoms with E-state index in [4.69, 9.17) is 4.74 Å². The number of anilines is 1. The molecule has 1 heterocycles. The van der Waals surface area contributed by atoms with Crippen LogP contribution in [0.25, 0.3) is 0 Å². The lowest BCUT2D eigenvalue weighted by molar-refractivity contribution is 0.0762. The first kappa shape index (κ1) is 19.9. The highest BCUT2D eigenvalue weighted by Gasteiger charge is 2.20. The van der Waals surface area contributed by atoms with Gasteiger partial charge in [-0.15, -0.1) is 0 Å². The zero-order valence-electron chi connectivity index (χ0n) is 16.6. The molecular formula is C23H28N2O3. The summed E-state index contributed by atoms with van der Waals surface area (Å²) in [4.78, 5) is 27.6. The van der Waals surface area contributed by atoms with Gasteiger partial charge in [-0.2, -0.15) is 0 Å². The van der Waals surface area contributed by atoms with E-state index in [1.807, 2.05) is 30.9 Å². The highest BCUT2D eigenvalue weighted by Crippen LogP contribution is 2.21. The standard InChI is InChI=1S/C23H28N2O3/c1-17(2)28-19-13-11-18(12-14-19)22(26)24-21-10-6-5-9-20(21)23(27)25-15-7-3-4-8-16-25/h5-6,9-14,17H,3-4,7-8,15-16H2,1-2H3,(H,24,26). The quantitative estimate of drug-likeness (QED) is 0.815. The van der Waals surface area contributed by atoms with E-state index in [-0.39, 0.29) is 17.9 Å². The van der Waals surface area contributed by atoms with Crippen LogP contribution in [0.5, 0.6) is 5.75 Å². The van der Waals surface area contributed by atoms with E-state index in [1.54, 1.807) is 36.4 Å². The largest absolute Gasteiger partial charge is 0.491 e. The Labute approximate surface area is 166 Å². The van der Waals surface area contributed by atoms with Crippen molar-refractivity contribution in [1.82, 2.24) is 4.90 Å². The number of para-hydroxylation sites is 1. The van der Waals surface area contributed by atoms with E-state index >= 15 is 0 Å². The summed E-state index contributed by atoms with van der Waals surface area (Å²) in [7, 11) is 0. The number of ether oxygens (including phenoxy) is 1. The summed E-state index contributed by atoms with van der Waals surface area (Å²) in [5.41, 5.74) is 1.61. The van der Waals surface area contributed by atoms with Gasteiger partial charge in [0.25, 0.3) is 11.8 Å². The summed E-state index contributed by atoms with van der Waals surface area (Å²) in [6.07, 6.45) is 4.48. The van der Waals surface area contributed by atoms with Crippen molar-refractivity contribution < 1.29 is 14.3 Å². The average molecular weight is 380 g/mol. The molecular weight excluding hydrogens is 352 g/mol. The number of amides is 2. The third-order valence-corrected chi connectivity index (χ3v) is 4.79. The molecule has 5 nitrogen and oxygen atoms in total. The Morgan fingerprint density at radius 1 is 0.929 bits per heavy atom. The van der Waals surface area contributed by atoms with Crippen molar-refractivity contribution >= 4 is 17.5 Å². The van der Waals surface area contributed by atoms with Crippen LogP contribution < -0.4 is 10.1 Å². The number of hydrogen-bond donors (Lipinski definition) is 1. The Morgan fingerprint density at radius 2 is 1.57 bits per heavy atom. The first-order valence-corrected chi connectivity index (χ1v) is 10.0. The van der Waals surface area contributed by atoms with Crippen LogP contribution in [0.15, 0.2) is 48.5 Å². The van der Waals surface area contributed by atoms with Crippen molar-refractivity contribution in [3.05, 3.63) is 59.7 Å². The highest BCUT2D eigenvalue weighted by atomic mass is 16.5. The summed E-state index contributed by atoms with van der Waals surface area (Å²) >= 11 is 0. The van der Waals surface area contributed by atoms with Gasteiger partial charge in [-0.3, -0.25) is 9.59 Å². The number of carbonyl (C=O) groups is 2. The fraction of sp³-hybridized carbons (Fsp3) is 0.391. The number of nitrogens with zero attached hydrogens (tertiary/aromatic N) is 1. The Hall–Kier alpha value is -2.82. The molecule has 148 valence electrons. The summed E-state index contributed by atoms with van der Waals surface area (Å²) in [5.74, 6) is 0.467. The van der Waals surface area contributed by atoms with Crippen molar-refractivity contribution in [2.45, 2.75) is 45.6 Å². The number of benzene rings is 2. The third-order valence-electron chi connectivity index (χ3n) is 4.79. The van der Waals surface area contributed by atoms with Crippen molar-refractivity contribution in [3.63, 3.8) is 0 Å². The van der Waals surface area contributed by atoms with Gasteiger partial charge in [0, 0.05) is 18.7 Å². The molecule has 0 atom stereocenters. The van der Waals surface area contributed by atoms with Gasteiger partial charge in [-0.25, -0.2) is 0 Å². The molecule has 1 N–H and O–H groups in total. The Morgan fingerprint density at radius 3 is 2.21 bits per heavy atom. The van der Waals surface area contributed by atoms with Crippen molar-refractivity contribution in [3.8, 4) is 5.75 Å². The van der Waals surface area contributed by atoms with Crippen LogP contribution in [0.1, 0.15) is 60.2 Å². The molecule has 1 aliphatic heterocycles. The SMILES string of the molecule is CC(C)Oc1ccc(C(=O)Nc2ccccc2C(=O)N2CCCCCC2)cc1. The molecule has 2 aromatic rings.